The molecule has 35 heavy (non-hydrogen) atoms. The van der Waals surface area contributed by atoms with E-state index in [0.717, 1.165) is 44.0 Å². The summed E-state index contributed by atoms with van der Waals surface area (Å²) in [6, 6.07) is 32.2. The molecular formula is C29H18N6. The Morgan fingerprint density at radius 1 is 0.543 bits per heavy atom. The number of pyridine rings is 2. The van der Waals surface area contributed by atoms with Gasteiger partial charge in [-0.1, -0.05) is 84.9 Å². The standard InChI is InChI=1S/C29H18N6/c1-3-10-19(11-4-1)27-32-28(20-12-5-2-6-13-20)34-29(33-27)35-23-16-9-17-30-24(23)25-26(35)22-15-8-7-14-21(22)18-31-25/h1-18H. The number of rotatable bonds is 3. The molecule has 0 N–H and O–H groups in total. The summed E-state index contributed by atoms with van der Waals surface area (Å²) in [7, 11) is 0. The molecule has 4 heterocycles. The fourth-order valence-electron chi connectivity index (χ4n) is 4.53. The molecule has 0 saturated carbocycles. The third-order valence-electron chi connectivity index (χ3n) is 6.14. The van der Waals surface area contributed by atoms with Crippen LogP contribution in [-0.4, -0.2) is 29.5 Å². The minimum Gasteiger partial charge on any atom is -0.274 e. The van der Waals surface area contributed by atoms with Gasteiger partial charge in [0.15, 0.2) is 11.6 Å². The van der Waals surface area contributed by atoms with Gasteiger partial charge in [-0.05, 0) is 12.1 Å². The fraction of sp³-hybridized carbons (Fsp3) is 0. The van der Waals surface area contributed by atoms with E-state index in [4.69, 9.17) is 19.9 Å². The monoisotopic (exact) mass is 450 g/mol. The molecule has 7 rings (SSSR count). The van der Waals surface area contributed by atoms with Gasteiger partial charge < -0.3 is 0 Å². The zero-order chi connectivity index (χ0) is 23.2. The molecule has 0 aliphatic rings. The van der Waals surface area contributed by atoms with Crippen molar-refractivity contribution in [2.75, 3.05) is 0 Å². The van der Waals surface area contributed by atoms with Crippen LogP contribution in [0.3, 0.4) is 0 Å². The second-order valence-electron chi connectivity index (χ2n) is 8.26. The van der Waals surface area contributed by atoms with Crippen molar-refractivity contribution in [1.29, 1.82) is 0 Å². The van der Waals surface area contributed by atoms with Crippen LogP contribution in [0, 0.1) is 0 Å². The number of fused-ring (bicyclic) bond motifs is 5. The Balaban J connectivity index is 1.62. The van der Waals surface area contributed by atoms with Crippen molar-refractivity contribution in [2.24, 2.45) is 0 Å². The first-order chi connectivity index (χ1) is 17.4. The van der Waals surface area contributed by atoms with E-state index in [9.17, 15) is 0 Å². The van der Waals surface area contributed by atoms with E-state index >= 15 is 0 Å². The van der Waals surface area contributed by atoms with Gasteiger partial charge in [-0.25, -0.2) is 4.98 Å². The Morgan fingerprint density at radius 2 is 1.20 bits per heavy atom. The molecule has 0 bridgehead atoms. The molecule has 0 atom stereocenters. The maximum Gasteiger partial charge on any atom is 0.238 e. The highest BCUT2D eigenvalue weighted by atomic mass is 15.2. The SMILES string of the molecule is c1ccc(-c2nc(-c3ccccc3)nc(-n3c4cccnc4c4ncc5ccccc5c43)n2)cc1. The quantitative estimate of drug-likeness (QED) is 0.318. The maximum atomic E-state index is 4.96. The van der Waals surface area contributed by atoms with Gasteiger partial charge in [-0.2, -0.15) is 9.97 Å². The summed E-state index contributed by atoms with van der Waals surface area (Å²) in [5.41, 5.74) is 5.32. The van der Waals surface area contributed by atoms with E-state index in [-0.39, 0.29) is 0 Å². The molecule has 0 unspecified atom stereocenters. The lowest BCUT2D eigenvalue weighted by Crippen LogP contribution is -2.06. The highest BCUT2D eigenvalue weighted by molar-refractivity contribution is 6.14. The number of aromatic nitrogens is 6. The molecule has 0 saturated heterocycles. The summed E-state index contributed by atoms with van der Waals surface area (Å²) in [5.74, 6) is 1.76. The van der Waals surface area contributed by atoms with Crippen LogP contribution < -0.4 is 0 Å². The predicted molar refractivity (Wildman–Crippen MR) is 138 cm³/mol. The zero-order valence-electron chi connectivity index (χ0n) is 18.6. The summed E-state index contributed by atoms with van der Waals surface area (Å²) >= 11 is 0. The van der Waals surface area contributed by atoms with Crippen molar-refractivity contribution >= 4 is 32.8 Å². The van der Waals surface area contributed by atoms with Gasteiger partial charge in [0, 0.05) is 34.3 Å². The lowest BCUT2D eigenvalue weighted by Gasteiger charge is -2.11. The van der Waals surface area contributed by atoms with E-state index in [1.165, 1.54) is 0 Å². The number of nitrogens with zero attached hydrogens (tertiary/aromatic N) is 6. The third-order valence-corrected chi connectivity index (χ3v) is 6.14. The van der Waals surface area contributed by atoms with E-state index in [2.05, 4.69) is 21.7 Å². The van der Waals surface area contributed by atoms with Gasteiger partial charge in [-0.3, -0.25) is 14.5 Å². The van der Waals surface area contributed by atoms with Crippen LogP contribution in [0.5, 0.6) is 0 Å². The Kier molecular flexibility index (Phi) is 4.35. The first-order valence-electron chi connectivity index (χ1n) is 11.4. The summed E-state index contributed by atoms with van der Waals surface area (Å²) in [6.45, 7) is 0. The lowest BCUT2D eigenvalue weighted by atomic mass is 10.1. The van der Waals surface area contributed by atoms with Gasteiger partial charge >= 0.3 is 0 Å². The highest BCUT2D eigenvalue weighted by Crippen LogP contribution is 2.34. The minimum atomic E-state index is 0.531. The average Bonchev–Trinajstić information content (AvgIpc) is 3.29. The van der Waals surface area contributed by atoms with Crippen molar-refractivity contribution < 1.29 is 0 Å². The van der Waals surface area contributed by atoms with Crippen LogP contribution in [0.2, 0.25) is 0 Å². The van der Waals surface area contributed by atoms with Gasteiger partial charge in [0.25, 0.3) is 0 Å². The Hall–Kier alpha value is -4.97. The fourth-order valence-corrected chi connectivity index (χ4v) is 4.53. The normalized spacial score (nSPS) is 11.4. The number of hydrogen-bond donors (Lipinski definition) is 0. The molecule has 0 spiro atoms. The molecule has 0 radical (unpaired) electrons. The van der Waals surface area contributed by atoms with Crippen molar-refractivity contribution in [3.05, 3.63) is 109 Å². The first-order valence-corrected chi connectivity index (χ1v) is 11.4. The van der Waals surface area contributed by atoms with Gasteiger partial charge in [0.2, 0.25) is 5.95 Å². The molecule has 164 valence electrons. The first kappa shape index (κ1) is 19.5. The van der Waals surface area contributed by atoms with Gasteiger partial charge in [0.05, 0.1) is 11.0 Å². The second-order valence-corrected chi connectivity index (χ2v) is 8.26. The molecule has 6 nitrogen and oxygen atoms in total. The molecule has 6 heteroatoms. The molecule has 0 amide bonds. The molecule has 0 fully saturated rings. The van der Waals surface area contributed by atoms with Gasteiger partial charge in [0.1, 0.15) is 11.0 Å². The van der Waals surface area contributed by atoms with Crippen molar-refractivity contribution in [1.82, 2.24) is 29.5 Å². The Bertz CT molecular complexity index is 1780. The predicted octanol–water partition coefficient (Wildman–Crippen LogP) is 6.25. The van der Waals surface area contributed by atoms with E-state index < -0.39 is 0 Å². The van der Waals surface area contributed by atoms with Crippen molar-refractivity contribution in [3.63, 3.8) is 0 Å². The van der Waals surface area contributed by atoms with Crippen molar-refractivity contribution in [3.8, 4) is 28.7 Å². The molecule has 7 aromatic rings. The molecule has 0 aliphatic heterocycles. The van der Waals surface area contributed by atoms with Gasteiger partial charge in [-0.15, -0.1) is 0 Å². The maximum absolute atomic E-state index is 4.96. The second kappa shape index (κ2) is 7.81. The number of benzene rings is 3. The Morgan fingerprint density at radius 3 is 1.91 bits per heavy atom. The lowest BCUT2D eigenvalue weighted by molar-refractivity contribution is 0.954. The van der Waals surface area contributed by atoms with Crippen LogP contribution in [0.15, 0.2) is 109 Å². The topological polar surface area (TPSA) is 69.4 Å². The van der Waals surface area contributed by atoms with E-state index in [1.807, 2.05) is 91.1 Å². The Labute approximate surface area is 200 Å². The van der Waals surface area contributed by atoms with E-state index in [0.29, 0.717) is 17.6 Å². The van der Waals surface area contributed by atoms with Crippen LogP contribution in [0.1, 0.15) is 0 Å². The van der Waals surface area contributed by atoms with Crippen LogP contribution in [0.25, 0.3) is 61.6 Å². The highest BCUT2D eigenvalue weighted by Gasteiger charge is 2.20. The smallest absolute Gasteiger partial charge is 0.238 e. The average molecular weight is 451 g/mol. The molecule has 0 aliphatic carbocycles. The largest absolute Gasteiger partial charge is 0.274 e. The summed E-state index contributed by atoms with van der Waals surface area (Å²) < 4.78 is 2.06. The molecular weight excluding hydrogens is 432 g/mol. The number of hydrogen-bond acceptors (Lipinski definition) is 5. The summed E-state index contributed by atoms with van der Waals surface area (Å²) in [4.78, 5) is 24.2. The third kappa shape index (κ3) is 3.15. The van der Waals surface area contributed by atoms with E-state index in [1.54, 1.807) is 6.20 Å². The summed E-state index contributed by atoms with van der Waals surface area (Å²) in [5, 5.41) is 2.11. The minimum absolute atomic E-state index is 0.531. The molecule has 4 aromatic heterocycles. The molecule has 3 aromatic carbocycles. The van der Waals surface area contributed by atoms with Crippen LogP contribution >= 0.6 is 0 Å². The zero-order valence-corrected chi connectivity index (χ0v) is 18.6. The summed E-state index contributed by atoms with van der Waals surface area (Å²) in [6.07, 6.45) is 3.69. The van der Waals surface area contributed by atoms with Crippen LogP contribution in [-0.2, 0) is 0 Å². The van der Waals surface area contributed by atoms with Crippen molar-refractivity contribution in [2.45, 2.75) is 0 Å². The van der Waals surface area contributed by atoms with Crippen LogP contribution in [0.4, 0.5) is 0 Å².